The molecule has 4 unspecified atom stereocenters. The van der Waals surface area contributed by atoms with E-state index in [0.29, 0.717) is 23.6 Å². The van der Waals surface area contributed by atoms with Gasteiger partial charge in [-0.1, -0.05) is 0 Å². The van der Waals surface area contributed by atoms with E-state index in [9.17, 15) is 14.0 Å². The summed E-state index contributed by atoms with van der Waals surface area (Å²) in [6.45, 7) is 0.620. The summed E-state index contributed by atoms with van der Waals surface area (Å²) < 4.78 is 18.4. The highest BCUT2D eigenvalue weighted by atomic mass is 32.1. The van der Waals surface area contributed by atoms with Gasteiger partial charge in [0.15, 0.2) is 0 Å². The lowest BCUT2D eigenvalue weighted by atomic mass is 9.92. The monoisotopic (exact) mass is 352 g/mol. The first-order chi connectivity index (χ1) is 11.6. The molecule has 4 rings (SSSR count). The van der Waals surface area contributed by atoms with Crippen molar-refractivity contribution < 1.29 is 18.7 Å². The molecule has 3 aliphatic rings. The molecule has 0 aromatic carbocycles. The van der Waals surface area contributed by atoms with Gasteiger partial charge >= 0.3 is 0 Å². The Balaban J connectivity index is 1.53. The lowest BCUT2D eigenvalue weighted by molar-refractivity contribution is -0.124. The maximum atomic E-state index is 13.2. The second-order valence-electron chi connectivity index (χ2n) is 6.98. The number of hydrogen-bond acceptors (Lipinski definition) is 4. The first-order valence-electron chi connectivity index (χ1n) is 8.44. The van der Waals surface area contributed by atoms with Crippen LogP contribution in [0.3, 0.4) is 0 Å². The summed E-state index contributed by atoms with van der Waals surface area (Å²) in [6.07, 6.45) is 2.80. The number of nitrogens with zero attached hydrogens (tertiary/aromatic N) is 1. The van der Waals surface area contributed by atoms with Crippen LogP contribution in [-0.2, 0) is 4.79 Å². The molecule has 2 heterocycles. The molecular formula is C17H21FN2O3S. The summed E-state index contributed by atoms with van der Waals surface area (Å²) in [4.78, 5) is 27.7. The summed E-state index contributed by atoms with van der Waals surface area (Å²) in [6, 6.07) is 1.80. The number of alkyl halides is 1. The molecule has 0 radical (unpaired) electrons. The third kappa shape index (κ3) is 2.41. The van der Waals surface area contributed by atoms with Gasteiger partial charge in [0.05, 0.1) is 24.6 Å². The lowest BCUT2D eigenvalue weighted by Gasteiger charge is -2.33. The van der Waals surface area contributed by atoms with Crippen molar-refractivity contribution in [1.29, 1.82) is 0 Å². The van der Waals surface area contributed by atoms with Crippen LogP contribution in [0.2, 0.25) is 0 Å². The standard InChI is InChI=1S/C17H21FN2O3S/c1-23-12-4-8-24-14(12)16(22)20-7-6-17(5-2-3-13(17)20)19-15(21)10-9-11(10)18/h4,8,10-11,13H,2-3,5-7,9H2,1H3,(H,19,21). The number of hydrogen-bond donors (Lipinski definition) is 1. The van der Waals surface area contributed by atoms with Crippen LogP contribution in [0.25, 0.3) is 0 Å². The molecule has 7 heteroatoms. The van der Waals surface area contributed by atoms with Crippen molar-refractivity contribution in [3.05, 3.63) is 16.3 Å². The van der Waals surface area contributed by atoms with Crippen LogP contribution in [0.1, 0.15) is 41.8 Å². The van der Waals surface area contributed by atoms with Crippen molar-refractivity contribution in [2.45, 2.75) is 49.9 Å². The van der Waals surface area contributed by atoms with Crippen LogP contribution in [0.15, 0.2) is 11.4 Å². The second kappa shape index (κ2) is 5.72. The van der Waals surface area contributed by atoms with Gasteiger partial charge in [0, 0.05) is 6.54 Å². The molecule has 4 atom stereocenters. The Kier molecular flexibility index (Phi) is 3.78. The van der Waals surface area contributed by atoms with Gasteiger partial charge in [0.25, 0.3) is 5.91 Å². The summed E-state index contributed by atoms with van der Waals surface area (Å²) >= 11 is 1.38. The number of carbonyl (C=O) groups is 2. The molecule has 130 valence electrons. The minimum absolute atomic E-state index is 0.00225. The fourth-order valence-electron chi connectivity index (χ4n) is 4.24. The van der Waals surface area contributed by atoms with Crippen molar-refractivity contribution >= 4 is 23.2 Å². The maximum Gasteiger partial charge on any atom is 0.268 e. The Bertz CT molecular complexity index is 679. The van der Waals surface area contributed by atoms with E-state index in [1.165, 1.54) is 11.3 Å². The van der Waals surface area contributed by atoms with Crippen LogP contribution < -0.4 is 10.1 Å². The number of nitrogens with one attached hydrogen (secondary N) is 1. The molecule has 1 N–H and O–H groups in total. The Morgan fingerprint density at radius 2 is 2.25 bits per heavy atom. The van der Waals surface area contributed by atoms with E-state index in [1.807, 2.05) is 10.3 Å². The van der Waals surface area contributed by atoms with Gasteiger partial charge < -0.3 is 15.0 Å². The summed E-state index contributed by atoms with van der Waals surface area (Å²) in [5, 5.41) is 4.95. The molecule has 24 heavy (non-hydrogen) atoms. The first kappa shape index (κ1) is 15.9. The normalized spacial score (nSPS) is 34.1. The molecule has 0 bridgehead atoms. The average Bonchev–Trinajstić information content (AvgIpc) is 2.96. The number of methoxy groups -OCH3 is 1. The quantitative estimate of drug-likeness (QED) is 0.905. The van der Waals surface area contributed by atoms with Gasteiger partial charge in [-0.3, -0.25) is 9.59 Å². The van der Waals surface area contributed by atoms with Crippen LogP contribution in [-0.4, -0.2) is 48.1 Å². The summed E-state index contributed by atoms with van der Waals surface area (Å²) in [5.41, 5.74) is -0.375. The topological polar surface area (TPSA) is 58.6 Å². The molecule has 2 saturated carbocycles. The third-order valence-corrected chi connectivity index (χ3v) is 6.52. The number of likely N-dealkylation sites (tertiary alicyclic amines) is 1. The Hall–Kier alpha value is -1.63. The van der Waals surface area contributed by atoms with E-state index in [0.717, 1.165) is 25.7 Å². The number of thiophene rings is 1. The van der Waals surface area contributed by atoms with Gasteiger partial charge in [-0.25, -0.2) is 4.39 Å². The minimum Gasteiger partial charge on any atom is -0.495 e. The van der Waals surface area contributed by atoms with Crippen molar-refractivity contribution in [2.24, 2.45) is 5.92 Å². The van der Waals surface area contributed by atoms with E-state index < -0.39 is 12.1 Å². The zero-order valence-corrected chi connectivity index (χ0v) is 14.4. The number of amides is 2. The van der Waals surface area contributed by atoms with Crippen molar-refractivity contribution in [3.63, 3.8) is 0 Å². The number of carbonyl (C=O) groups excluding carboxylic acids is 2. The lowest BCUT2D eigenvalue weighted by Crippen LogP contribution is -2.54. The van der Waals surface area contributed by atoms with Crippen LogP contribution >= 0.6 is 11.3 Å². The fourth-order valence-corrected chi connectivity index (χ4v) is 5.06. The number of ether oxygens (including phenoxy) is 1. The SMILES string of the molecule is COc1ccsc1C(=O)N1CCC2(NC(=O)C3CC3F)CCCC12. The van der Waals surface area contributed by atoms with Gasteiger partial charge in [0.1, 0.15) is 16.8 Å². The smallest absolute Gasteiger partial charge is 0.268 e. The zero-order chi connectivity index (χ0) is 16.9. The summed E-state index contributed by atoms with van der Waals surface area (Å²) in [5.74, 6) is -0.0948. The Labute approximate surface area is 144 Å². The molecule has 1 aromatic heterocycles. The zero-order valence-electron chi connectivity index (χ0n) is 13.6. The van der Waals surface area contributed by atoms with Crippen LogP contribution in [0, 0.1) is 5.92 Å². The van der Waals surface area contributed by atoms with E-state index >= 15 is 0 Å². The van der Waals surface area contributed by atoms with Gasteiger partial charge in [-0.2, -0.15) is 0 Å². The predicted octanol–water partition coefficient (Wildman–Crippen LogP) is 2.37. The molecule has 1 aliphatic heterocycles. The van der Waals surface area contributed by atoms with E-state index in [2.05, 4.69) is 5.32 Å². The highest BCUT2D eigenvalue weighted by molar-refractivity contribution is 7.12. The molecule has 3 fully saturated rings. The van der Waals surface area contributed by atoms with E-state index in [-0.39, 0.29) is 23.4 Å². The molecule has 2 amide bonds. The largest absolute Gasteiger partial charge is 0.495 e. The second-order valence-corrected chi connectivity index (χ2v) is 7.89. The molecule has 5 nitrogen and oxygen atoms in total. The highest BCUT2D eigenvalue weighted by Gasteiger charge is 2.55. The van der Waals surface area contributed by atoms with E-state index in [1.54, 1.807) is 13.2 Å². The average molecular weight is 352 g/mol. The van der Waals surface area contributed by atoms with E-state index in [4.69, 9.17) is 4.74 Å². The minimum atomic E-state index is -0.990. The van der Waals surface area contributed by atoms with Crippen molar-refractivity contribution in [3.8, 4) is 5.75 Å². The molecule has 1 aromatic rings. The predicted molar refractivity (Wildman–Crippen MR) is 88.0 cm³/mol. The molecule has 2 aliphatic carbocycles. The number of halogens is 1. The number of rotatable bonds is 4. The van der Waals surface area contributed by atoms with Crippen molar-refractivity contribution in [1.82, 2.24) is 10.2 Å². The summed E-state index contributed by atoms with van der Waals surface area (Å²) in [7, 11) is 1.56. The third-order valence-electron chi connectivity index (χ3n) is 5.64. The first-order valence-corrected chi connectivity index (χ1v) is 9.32. The van der Waals surface area contributed by atoms with Gasteiger partial charge in [-0.05, 0) is 43.6 Å². The molecule has 1 saturated heterocycles. The highest BCUT2D eigenvalue weighted by Crippen LogP contribution is 2.44. The van der Waals surface area contributed by atoms with Gasteiger partial charge in [0.2, 0.25) is 5.91 Å². The Morgan fingerprint density at radius 1 is 1.46 bits per heavy atom. The molecule has 0 spiro atoms. The van der Waals surface area contributed by atoms with Crippen LogP contribution in [0.4, 0.5) is 4.39 Å². The molecular weight excluding hydrogens is 331 g/mol. The van der Waals surface area contributed by atoms with Gasteiger partial charge in [-0.15, -0.1) is 11.3 Å². The Morgan fingerprint density at radius 3 is 2.96 bits per heavy atom. The van der Waals surface area contributed by atoms with Crippen molar-refractivity contribution in [2.75, 3.05) is 13.7 Å². The van der Waals surface area contributed by atoms with Crippen LogP contribution in [0.5, 0.6) is 5.75 Å². The maximum absolute atomic E-state index is 13.2. The number of fused-ring (bicyclic) bond motifs is 1. The fraction of sp³-hybridized carbons (Fsp3) is 0.647.